The standard InChI is InChI=1S/C14H13NO4S/c16-11-5-6-19-8-14(11,13(17)18)7-12-15-9-3-1-2-4-10(9)20-12/h1-4H,5-8H2,(H,17,18). The van der Waals surface area contributed by atoms with E-state index in [9.17, 15) is 14.7 Å². The first kappa shape index (κ1) is 13.2. The Morgan fingerprint density at radius 3 is 2.95 bits per heavy atom. The van der Waals surface area contributed by atoms with Crippen LogP contribution in [0.3, 0.4) is 0 Å². The van der Waals surface area contributed by atoms with Gasteiger partial charge in [0.2, 0.25) is 0 Å². The third-order valence-corrected chi connectivity index (χ3v) is 4.59. The van der Waals surface area contributed by atoms with E-state index in [2.05, 4.69) is 4.98 Å². The monoisotopic (exact) mass is 291 g/mol. The van der Waals surface area contributed by atoms with E-state index >= 15 is 0 Å². The van der Waals surface area contributed by atoms with Gasteiger partial charge in [0.05, 0.1) is 28.4 Å². The van der Waals surface area contributed by atoms with Gasteiger partial charge in [0.15, 0.2) is 11.2 Å². The number of benzene rings is 1. The van der Waals surface area contributed by atoms with Crippen LogP contribution in [0, 0.1) is 5.41 Å². The van der Waals surface area contributed by atoms with E-state index < -0.39 is 11.4 Å². The van der Waals surface area contributed by atoms with Crippen LogP contribution in [0.2, 0.25) is 0 Å². The van der Waals surface area contributed by atoms with Crippen LogP contribution >= 0.6 is 11.3 Å². The lowest BCUT2D eigenvalue weighted by atomic mass is 9.78. The number of carboxylic acid groups (broad SMARTS) is 1. The Morgan fingerprint density at radius 2 is 2.25 bits per heavy atom. The number of ether oxygens (including phenoxy) is 1. The molecule has 0 saturated carbocycles. The Labute approximate surface area is 119 Å². The highest BCUT2D eigenvalue weighted by molar-refractivity contribution is 7.18. The largest absolute Gasteiger partial charge is 0.480 e. The first-order valence-corrected chi connectivity index (χ1v) is 7.12. The van der Waals surface area contributed by atoms with Gasteiger partial charge in [-0.2, -0.15) is 0 Å². The summed E-state index contributed by atoms with van der Waals surface area (Å²) in [7, 11) is 0. The number of rotatable bonds is 3. The van der Waals surface area contributed by atoms with Gasteiger partial charge in [0.1, 0.15) is 0 Å². The number of aromatic nitrogens is 1. The van der Waals surface area contributed by atoms with E-state index in [4.69, 9.17) is 4.74 Å². The van der Waals surface area contributed by atoms with Crippen LogP contribution in [-0.4, -0.2) is 35.1 Å². The molecular formula is C14H13NO4S. The number of nitrogens with zero attached hydrogens (tertiary/aromatic N) is 1. The molecule has 0 spiro atoms. The predicted molar refractivity (Wildman–Crippen MR) is 73.8 cm³/mol. The molecule has 1 saturated heterocycles. The van der Waals surface area contributed by atoms with Gasteiger partial charge < -0.3 is 9.84 Å². The molecule has 0 bridgehead atoms. The summed E-state index contributed by atoms with van der Waals surface area (Å²) in [5, 5.41) is 10.1. The van der Waals surface area contributed by atoms with Gasteiger partial charge in [-0.15, -0.1) is 11.3 Å². The van der Waals surface area contributed by atoms with Crippen LogP contribution in [0.1, 0.15) is 11.4 Å². The lowest BCUT2D eigenvalue weighted by Gasteiger charge is -2.30. The van der Waals surface area contributed by atoms with Crippen molar-refractivity contribution in [3.8, 4) is 0 Å². The maximum Gasteiger partial charge on any atom is 0.320 e. The second-order valence-corrected chi connectivity index (χ2v) is 5.98. The minimum Gasteiger partial charge on any atom is -0.480 e. The zero-order valence-electron chi connectivity index (χ0n) is 10.7. The van der Waals surface area contributed by atoms with Crippen molar-refractivity contribution >= 4 is 33.3 Å². The molecular weight excluding hydrogens is 278 g/mol. The fourth-order valence-electron chi connectivity index (χ4n) is 2.39. The molecule has 0 radical (unpaired) electrons. The first-order chi connectivity index (χ1) is 9.62. The number of carbonyl (C=O) groups is 2. The minimum absolute atomic E-state index is 0.0723. The number of carbonyl (C=O) groups excluding carboxylic acids is 1. The Balaban J connectivity index is 1.97. The van der Waals surface area contributed by atoms with Gasteiger partial charge in [-0.3, -0.25) is 9.59 Å². The highest BCUT2D eigenvalue weighted by Crippen LogP contribution is 2.33. The summed E-state index contributed by atoms with van der Waals surface area (Å²) in [5.74, 6) is -1.39. The molecule has 1 aromatic heterocycles. The van der Waals surface area contributed by atoms with Crippen molar-refractivity contribution in [2.24, 2.45) is 5.41 Å². The van der Waals surface area contributed by atoms with E-state index in [0.29, 0.717) is 11.6 Å². The van der Waals surface area contributed by atoms with Gasteiger partial charge >= 0.3 is 5.97 Å². The molecule has 5 nitrogen and oxygen atoms in total. The quantitative estimate of drug-likeness (QED) is 0.874. The maximum atomic E-state index is 12.1. The summed E-state index contributed by atoms with van der Waals surface area (Å²) in [6.45, 7) is 0.227. The molecule has 1 aliphatic heterocycles. The number of carboxylic acids is 1. The lowest BCUT2D eigenvalue weighted by molar-refractivity contribution is -0.164. The maximum absolute atomic E-state index is 12.1. The van der Waals surface area contributed by atoms with Crippen LogP contribution < -0.4 is 0 Å². The third kappa shape index (κ3) is 2.10. The Hall–Kier alpha value is -1.79. The second kappa shape index (κ2) is 4.96. The molecule has 2 heterocycles. The Kier molecular flexibility index (Phi) is 3.27. The average Bonchev–Trinajstić information content (AvgIpc) is 2.83. The topological polar surface area (TPSA) is 76.5 Å². The fraction of sp³-hybridized carbons (Fsp3) is 0.357. The Morgan fingerprint density at radius 1 is 1.45 bits per heavy atom. The number of hydrogen-bond donors (Lipinski definition) is 1. The van der Waals surface area contributed by atoms with Gasteiger partial charge in [0.25, 0.3) is 0 Å². The van der Waals surface area contributed by atoms with Crippen molar-refractivity contribution in [3.05, 3.63) is 29.3 Å². The molecule has 1 aliphatic rings. The summed E-state index contributed by atoms with van der Waals surface area (Å²) in [4.78, 5) is 28.1. The van der Waals surface area contributed by atoms with Crippen molar-refractivity contribution in [1.82, 2.24) is 4.98 Å². The molecule has 1 fully saturated rings. The zero-order valence-corrected chi connectivity index (χ0v) is 11.5. The van der Waals surface area contributed by atoms with Gasteiger partial charge in [0, 0.05) is 12.8 Å². The minimum atomic E-state index is -1.48. The number of fused-ring (bicyclic) bond motifs is 1. The molecule has 20 heavy (non-hydrogen) atoms. The molecule has 1 aromatic carbocycles. The van der Waals surface area contributed by atoms with Crippen molar-refractivity contribution in [1.29, 1.82) is 0 Å². The van der Waals surface area contributed by atoms with Crippen molar-refractivity contribution < 1.29 is 19.4 Å². The number of Topliss-reactive ketones (excluding diaryl/α,β-unsaturated/α-hetero) is 1. The molecule has 3 rings (SSSR count). The van der Waals surface area contributed by atoms with Crippen molar-refractivity contribution in [3.63, 3.8) is 0 Å². The fourth-order valence-corrected chi connectivity index (χ4v) is 3.47. The number of ketones is 1. The van der Waals surface area contributed by atoms with Gasteiger partial charge in [-0.25, -0.2) is 4.98 Å². The lowest BCUT2D eigenvalue weighted by Crippen LogP contribution is -2.48. The number of thiazole rings is 1. The molecule has 2 aromatic rings. The van der Waals surface area contributed by atoms with Gasteiger partial charge in [-0.1, -0.05) is 12.1 Å². The van der Waals surface area contributed by atoms with E-state index in [1.807, 2.05) is 24.3 Å². The summed E-state index contributed by atoms with van der Waals surface area (Å²) in [6.07, 6.45) is 0.248. The first-order valence-electron chi connectivity index (χ1n) is 6.31. The van der Waals surface area contributed by atoms with E-state index in [1.54, 1.807) is 0 Å². The van der Waals surface area contributed by atoms with Crippen LogP contribution in [0.5, 0.6) is 0 Å². The predicted octanol–water partition coefficient (Wildman–Crippen LogP) is 1.90. The second-order valence-electron chi connectivity index (χ2n) is 4.87. The van der Waals surface area contributed by atoms with E-state index in [0.717, 1.165) is 10.2 Å². The smallest absolute Gasteiger partial charge is 0.320 e. The van der Waals surface area contributed by atoms with Crippen LogP contribution in [0.15, 0.2) is 24.3 Å². The normalized spacial score (nSPS) is 23.1. The Bertz CT molecular complexity index is 648. The molecule has 1 atom stereocenters. The molecule has 0 aliphatic carbocycles. The summed E-state index contributed by atoms with van der Waals surface area (Å²) in [5.41, 5.74) is -0.649. The highest BCUT2D eigenvalue weighted by atomic mass is 32.1. The molecule has 6 heteroatoms. The molecule has 1 N–H and O–H groups in total. The van der Waals surface area contributed by atoms with Crippen molar-refractivity contribution in [2.75, 3.05) is 13.2 Å². The molecule has 104 valence electrons. The van der Waals surface area contributed by atoms with Crippen molar-refractivity contribution in [2.45, 2.75) is 12.8 Å². The van der Waals surface area contributed by atoms with Crippen LogP contribution in [-0.2, 0) is 20.7 Å². The average molecular weight is 291 g/mol. The highest BCUT2D eigenvalue weighted by Gasteiger charge is 2.48. The summed E-state index contributed by atoms with van der Waals surface area (Å²) < 4.78 is 6.23. The zero-order chi connectivity index (χ0) is 14.2. The summed E-state index contributed by atoms with van der Waals surface area (Å²) >= 11 is 1.43. The molecule has 1 unspecified atom stereocenters. The number of aliphatic carboxylic acids is 1. The van der Waals surface area contributed by atoms with E-state index in [-0.39, 0.29) is 25.2 Å². The number of para-hydroxylation sites is 1. The van der Waals surface area contributed by atoms with Gasteiger partial charge in [-0.05, 0) is 12.1 Å². The third-order valence-electron chi connectivity index (χ3n) is 3.56. The summed E-state index contributed by atoms with van der Waals surface area (Å²) in [6, 6.07) is 7.60. The SMILES string of the molecule is O=C(O)C1(Cc2nc3ccccc3s2)COCCC1=O. The van der Waals surface area contributed by atoms with Crippen LogP contribution in [0.4, 0.5) is 0 Å². The number of hydrogen-bond acceptors (Lipinski definition) is 5. The van der Waals surface area contributed by atoms with Crippen LogP contribution in [0.25, 0.3) is 10.2 Å². The van der Waals surface area contributed by atoms with E-state index in [1.165, 1.54) is 11.3 Å². The molecule has 0 amide bonds.